The summed E-state index contributed by atoms with van der Waals surface area (Å²) in [6.07, 6.45) is 3.67. The van der Waals surface area contributed by atoms with Crippen LogP contribution in [0, 0.1) is 5.82 Å². The van der Waals surface area contributed by atoms with Gasteiger partial charge in [-0.3, -0.25) is 0 Å². The number of nitrogens with zero attached hydrogens (tertiary/aromatic N) is 2. The summed E-state index contributed by atoms with van der Waals surface area (Å²) in [6, 6.07) is 8.96. The summed E-state index contributed by atoms with van der Waals surface area (Å²) < 4.78 is 15.6. The molecule has 0 saturated carbocycles. The molecule has 1 aromatic carbocycles. The molecule has 20 heavy (non-hydrogen) atoms. The molecule has 5 heteroatoms. The van der Waals surface area contributed by atoms with Crippen molar-refractivity contribution in [3.63, 3.8) is 0 Å². The van der Waals surface area contributed by atoms with Gasteiger partial charge in [0.15, 0.2) is 0 Å². The minimum atomic E-state index is -0.249. The molecule has 0 amide bonds. The molecule has 0 fully saturated rings. The lowest BCUT2D eigenvalue weighted by atomic mass is 10.1. The Morgan fingerprint density at radius 3 is 2.85 bits per heavy atom. The van der Waals surface area contributed by atoms with Gasteiger partial charge in [-0.15, -0.1) is 11.3 Å². The van der Waals surface area contributed by atoms with Crippen LogP contribution < -0.4 is 5.73 Å². The highest BCUT2D eigenvalue weighted by Gasteiger charge is 2.08. The van der Waals surface area contributed by atoms with Gasteiger partial charge in [-0.05, 0) is 34.7 Å². The smallest absolute Gasteiger partial charge is 0.150 e. The number of aromatic nitrogens is 2. The maximum absolute atomic E-state index is 13.5. The Morgan fingerprint density at radius 2 is 2.10 bits per heavy atom. The van der Waals surface area contributed by atoms with E-state index in [1.807, 2.05) is 34.3 Å². The molecule has 0 spiro atoms. The molecule has 0 aliphatic carbocycles. The fourth-order valence-electron chi connectivity index (χ4n) is 2.19. The van der Waals surface area contributed by atoms with Crippen molar-refractivity contribution in [3.8, 4) is 10.7 Å². The van der Waals surface area contributed by atoms with Crippen LogP contribution >= 0.6 is 11.3 Å². The van der Waals surface area contributed by atoms with Gasteiger partial charge < -0.3 is 10.3 Å². The molecule has 3 nitrogen and oxygen atoms in total. The molecule has 2 heterocycles. The van der Waals surface area contributed by atoms with E-state index in [4.69, 9.17) is 5.73 Å². The minimum absolute atomic E-state index is 0.249. The molecule has 2 N–H and O–H groups in total. The zero-order chi connectivity index (χ0) is 13.9. The number of hydrogen-bond donors (Lipinski definition) is 1. The average Bonchev–Trinajstić information content (AvgIpc) is 3.08. The van der Waals surface area contributed by atoms with Crippen molar-refractivity contribution in [1.29, 1.82) is 0 Å². The molecule has 0 atom stereocenters. The van der Waals surface area contributed by atoms with E-state index in [0.717, 1.165) is 21.8 Å². The van der Waals surface area contributed by atoms with Crippen LogP contribution in [0.4, 0.5) is 4.39 Å². The largest absolute Gasteiger partial charge is 0.326 e. The molecular formula is C15H14FN3S. The summed E-state index contributed by atoms with van der Waals surface area (Å²) in [4.78, 5) is 5.48. The molecule has 0 saturated heterocycles. The van der Waals surface area contributed by atoms with E-state index < -0.39 is 0 Å². The second kappa shape index (κ2) is 5.56. The van der Waals surface area contributed by atoms with Crippen molar-refractivity contribution in [2.75, 3.05) is 0 Å². The number of hydrogen-bond acceptors (Lipinski definition) is 3. The molecule has 102 valence electrons. The predicted molar refractivity (Wildman–Crippen MR) is 78.9 cm³/mol. The van der Waals surface area contributed by atoms with Crippen molar-refractivity contribution >= 4 is 11.3 Å². The number of benzene rings is 1. The van der Waals surface area contributed by atoms with Crippen LogP contribution in [0.2, 0.25) is 0 Å². The zero-order valence-corrected chi connectivity index (χ0v) is 11.6. The average molecular weight is 287 g/mol. The van der Waals surface area contributed by atoms with E-state index in [1.54, 1.807) is 17.5 Å². The molecule has 0 radical (unpaired) electrons. The molecule has 0 aliphatic rings. The first-order valence-corrected chi connectivity index (χ1v) is 7.17. The summed E-state index contributed by atoms with van der Waals surface area (Å²) in [7, 11) is 0. The van der Waals surface area contributed by atoms with Gasteiger partial charge in [0.05, 0.1) is 4.88 Å². The normalized spacial score (nSPS) is 10.9. The first-order valence-electron chi connectivity index (χ1n) is 6.29. The highest BCUT2D eigenvalue weighted by molar-refractivity contribution is 7.13. The van der Waals surface area contributed by atoms with Gasteiger partial charge in [0.1, 0.15) is 11.6 Å². The third kappa shape index (κ3) is 2.64. The molecule has 0 unspecified atom stereocenters. The van der Waals surface area contributed by atoms with Crippen LogP contribution in [0.5, 0.6) is 0 Å². The molecule has 3 rings (SSSR count). The van der Waals surface area contributed by atoms with E-state index in [0.29, 0.717) is 13.1 Å². The SMILES string of the molecule is NCc1cc(F)cc(Cn2ccnc2-c2cccs2)c1. The highest BCUT2D eigenvalue weighted by Crippen LogP contribution is 2.23. The summed E-state index contributed by atoms with van der Waals surface area (Å²) in [5, 5.41) is 2.02. The fraction of sp³-hybridized carbons (Fsp3) is 0.133. The Hall–Kier alpha value is -1.98. The highest BCUT2D eigenvalue weighted by atomic mass is 32.1. The maximum atomic E-state index is 13.5. The van der Waals surface area contributed by atoms with Crippen molar-refractivity contribution in [1.82, 2.24) is 9.55 Å². The summed E-state index contributed by atoms with van der Waals surface area (Å²) in [5.41, 5.74) is 7.28. The lowest BCUT2D eigenvalue weighted by Gasteiger charge is -2.08. The van der Waals surface area contributed by atoms with Crippen LogP contribution in [-0.4, -0.2) is 9.55 Å². The third-order valence-corrected chi connectivity index (χ3v) is 3.93. The van der Waals surface area contributed by atoms with Crippen molar-refractivity contribution in [3.05, 3.63) is 65.0 Å². The van der Waals surface area contributed by atoms with Crippen molar-refractivity contribution < 1.29 is 4.39 Å². The zero-order valence-electron chi connectivity index (χ0n) is 10.8. The van der Waals surface area contributed by atoms with Gasteiger partial charge >= 0.3 is 0 Å². The summed E-state index contributed by atoms with van der Waals surface area (Å²) >= 11 is 1.64. The lowest BCUT2D eigenvalue weighted by Crippen LogP contribution is -2.03. The van der Waals surface area contributed by atoms with Crippen LogP contribution in [0.3, 0.4) is 0 Å². The first-order chi connectivity index (χ1) is 9.76. The van der Waals surface area contributed by atoms with Crippen LogP contribution in [0.15, 0.2) is 48.1 Å². The monoisotopic (exact) mass is 287 g/mol. The number of rotatable bonds is 4. The number of thiophene rings is 1. The number of nitrogens with two attached hydrogens (primary N) is 1. The van der Waals surface area contributed by atoms with Crippen LogP contribution in [-0.2, 0) is 13.1 Å². The Labute approximate surface area is 120 Å². The van der Waals surface area contributed by atoms with Crippen molar-refractivity contribution in [2.45, 2.75) is 13.1 Å². The standard InChI is InChI=1S/C15H14FN3S/c16-13-7-11(9-17)6-12(8-13)10-19-4-3-18-15(19)14-2-1-5-20-14/h1-8H,9-10,17H2. The van der Waals surface area contributed by atoms with Gasteiger partial charge in [0.2, 0.25) is 0 Å². The Morgan fingerprint density at radius 1 is 1.25 bits per heavy atom. The van der Waals surface area contributed by atoms with E-state index >= 15 is 0 Å². The number of imidazole rings is 1. The fourth-order valence-corrected chi connectivity index (χ4v) is 2.93. The molecule has 0 aliphatic heterocycles. The summed E-state index contributed by atoms with van der Waals surface area (Å²) in [6.45, 7) is 0.921. The van der Waals surface area contributed by atoms with Gasteiger partial charge in [0.25, 0.3) is 0 Å². The van der Waals surface area contributed by atoms with Gasteiger partial charge in [-0.1, -0.05) is 12.1 Å². The molecule has 0 bridgehead atoms. The topological polar surface area (TPSA) is 43.8 Å². The Balaban J connectivity index is 1.92. The van der Waals surface area contributed by atoms with E-state index in [2.05, 4.69) is 4.98 Å². The third-order valence-electron chi connectivity index (χ3n) is 3.06. The summed E-state index contributed by atoms with van der Waals surface area (Å²) in [5.74, 6) is 0.652. The lowest BCUT2D eigenvalue weighted by molar-refractivity contribution is 0.621. The quantitative estimate of drug-likeness (QED) is 0.800. The van der Waals surface area contributed by atoms with Crippen LogP contribution in [0.1, 0.15) is 11.1 Å². The van der Waals surface area contributed by atoms with Gasteiger partial charge in [-0.25, -0.2) is 9.37 Å². The second-order valence-corrected chi connectivity index (χ2v) is 5.48. The second-order valence-electron chi connectivity index (χ2n) is 4.53. The molecule has 2 aromatic heterocycles. The van der Waals surface area contributed by atoms with Gasteiger partial charge in [-0.2, -0.15) is 0 Å². The van der Waals surface area contributed by atoms with E-state index in [1.165, 1.54) is 12.1 Å². The van der Waals surface area contributed by atoms with Crippen LogP contribution in [0.25, 0.3) is 10.7 Å². The first kappa shape index (κ1) is 13.0. The molecule has 3 aromatic rings. The predicted octanol–water partition coefficient (Wildman–Crippen LogP) is 3.26. The Bertz CT molecular complexity index is 704. The maximum Gasteiger partial charge on any atom is 0.150 e. The minimum Gasteiger partial charge on any atom is -0.326 e. The number of halogens is 1. The van der Waals surface area contributed by atoms with E-state index in [9.17, 15) is 4.39 Å². The van der Waals surface area contributed by atoms with Gasteiger partial charge in [0, 0.05) is 25.5 Å². The van der Waals surface area contributed by atoms with E-state index in [-0.39, 0.29) is 5.82 Å². The molecular weight excluding hydrogens is 273 g/mol. The van der Waals surface area contributed by atoms with Crippen molar-refractivity contribution in [2.24, 2.45) is 5.73 Å². The Kier molecular flexibility index (Phi) is 3.62.